The van der Waals surface area contributed by atoms with Crippen molar-refractivity contribution in [2.75, 3.05) is 28.4 Å². The molecule has 1 atom stereocenters. The van der Waals surface area contributed by atoms with Gasteiger partial charge in [0.1, 0.15) is 0 Å². The normalized spacial score (nSPS) is 16.9. The van der Waals surface area contributed by atoms with Crippen molar-refractivity contribution in [3.05, 3.63) is 0 Å². The van der Waals surface area contributed by atoms with Crippen LogP contribution in [0.15, 0.2) is 0 Å². The maximum absolute atomic E-state index is 6.16. The minimum Gasteiger partial charge on any atom is -0.437 e. The molecule has 0 N–H and O–H groups in total. The van der Waals surface area contributed by atoms with Gasteiger partial charge in [0.2, 0.25) is 0 Å². The first kappa shape index (κ1) is 21.6. The molecular weight excluding hydrogens is 344 g/mol. The van der Waals surface area contributed by atoms with Crippen molar-refractivity contribution in [3.8, 4) is 0 Å². The monoisotopic (exact) mass is 374 g/mol. The standard InChI is InChI=1S/C10H30O7Si4/c1-11-20(10,17-21(12-2,13-3)14-4)16-19(8,9)15-18(5,6)7/h1-10H3. The highest BCUT2D eigenvalue weighted by Gasteiger charge is 2.54. The lowest BCUT2D eigenvalue weighted by Crippen LogP contribution is -2.62. The SMILES string of the molecule is CO[Si](C)(O[Si](C)(C)O[Si](C)(C)C)O[Si](OC)(OC)OC. The zero-order chi connectivity index (χ0) is 16.9. The van der Waals surface area contributed by atoms with Crippen molar-refractivity contribution in [2.45, 2.75) is 39.3 Å². The van der Waals surface area contributed by atoms with Crippen LogP contribution in [0.4, 0.5) is 0 Å². The molecule has 0 amide bonds. The van der Waals surface area contributed by atoms with Gasteiger partial charge in [-0.25, -0.2) is 0 Å². The van der Waals surface area contributed by atoms with E-state index in [0.29, 0.717) is 0 Å². The molecule has 0 aliphatic carbocycles. The van der Waals surface area contributed by atoms with Crippen molar-refractivity contribution >= 4 is 34.7 Å². The summed E-state index contributed by atoms with van der Waals surface area (Å²) in [5.41, 5.74) is 0. The van der Waals surface area contributed by atoms with E-state index in [-0.39, 0.29) is 0 Å². The van der Waals surface area contributed by atoms with Crippen molar-refractivity contribution in [1.82, 2.24) is 0 Å². The first-order valence-corrected chi connectivity index (χ1v) is 16.8. The molecule has 0 spiro atoms. The average molecular weight is 375 g/mol. The highest BCUT2D eigenvalue weighted by Crippen LogP contribution is 2.24. The van der Waals surface area contributed by atoms with E-state index in [1.54, 1.807) is 13.7 Å². The zero-order valence-electron chi connectivity index (χ0n) is 14.9. The van der Waals surface area contributed by atoms with Crippen LogP contribution in [0.2, 0.25) is 39.3 Å². The van der Waals surface area contributed by atoms with E-state index in [2.05, 4.69) is 19.6 Å². The molecule has 7 nitrogen and oxygen atoms in total. The molecule has 1 unspecified atom stereocenters. The number of hydrogen-bond acceptors (Lipinski definition) is 7. The second kappa shape index (κ2) is 7.92. The maximum Gasteiger partial charge on any atom is 0.671 e. The third-order valence-corrected chi connectivity index (χ3v) is 15.0. The minimum absolute atomic E-state index is 1.48. The third kappa shape index (κ3) is 7.60. The summed E-state index contributed by atoms with van der Waals surface area (Å²) in [6.45, 7) is 12.1. The minimum atomic E-state index is -3.24. The van der Waals surface area contributed by atoms with E-state index in [0.717, 1.165) is 0 Å². The second-order valence-electron chi connectivity index (χ2n) is 6.00. The van der Waals surface area contributed by atoms with Crippen LogP contribution in [-0.4, -0.2) is 63.2 Å². The van der Waals surface area contributed by atoms with Gasteiger partial charge < -0.3 is 30.0 Å². The summed E-state index contributed by atoms with van der Waals surface area (Å²) in [7, 11) is -4.40. The van der Waals surface area contributed by atoms with Crippen molar-refractivity contribution in [3.63, 3.8) is 0 Å². The fourth-order valence-electron chi connectivity index (χ4n) is 1.91. The molecule has 128 valence electrons. The van der Waals surface area contributed by atoms with Gasteiger partial charge in [-0.05, 0) is 32.7 Å². The lowest BCUT2D eigenvalue weighted by molar-refractivity contribution is 0.0221. The number of hydrogen-bond donors (Lipinski definition) is 0. The average Bonchev–Trinajstić information content (AvgIpc) is 2.32. The fraction of sp³-hybridized carbons (Fsp3) is 1.00. The van der Waals surface area contributed by atoms with Crippen LogP contribution in [0, 0.1) is 0 Å². The van der Waals surface area contributed by atoms with Gasteiger partial charge in [-0.1, -0.05) is 0 Å². The molecule has 0 saturated heterocycles. The van der Waals surface area contributed by atoms with Gasteiger partial charge in [-0.3, -0.25) is 0 Å². The van der Waals surface area contributed by atoms with Gasteiger partial charge in [-0.2, -0.15) is 0 Å². The predicted octanol–water partition coefficient (Wildman–Crippen LogP) is 2.16. The van der Waals surface area contributed by atoms with Gasteiger partial charge in [0.05, 0.1) is 0 Å². The highest BCUT2D eigenvalue weighted by atomic mass is 28.5. The molecule has 0 aromatic rings. The van der Waals surface area contributed by atoms with Gasteiger partial charge in [-0.15, -0.1) is 0 Å². The summed E-state index contributed by atoms with van der Waals surface area (Å²) in [5.74, 6) is 0. The van der Waals surface area contributed by atoms with Gasteiger partial charge >= 0.3 is 26.4 Å². The Hall–Kier alpha value is 0.588. The molecule has 0 aromatic carbocycles. The van der Waals surface area contributed by atoms with Crippen LogP contribution in [0.1, 0.15) is 0 Å². The fourth-order valence-corrected chi connectivity index (χ4v) is 16.4. The molecule has 11 heteroatoms. The quantitative estimate of drug-likeness (QED) is 0.543. The van der Waals surface area contributed by atoms with Crippen molar-refractivity contribution in [1.29, 1.82) is 0 Å². The Morgan fingerprint density at radius 3 is 1.24 bits per heavy atom. The highest BCUT2D eigenvalue weighted by molar-refractivity contribution is 6.86. The first-order valence-electron chi connectivity index (χ1n) is 6.67. The smallest absolute Gasteiger partial charge is 0.437 e. The summed E-state index contributed by atoms with van der Waals surface area (Å²) in [6, 6.07) is 0. The second-order valence-corrected chi connectivity index (χ2v) is 19.8. The van der Waals surface area contributed by atoms with E-state index < -0.39 is 34.7 Å². The summed E-state index contributed by atoms with van der Waals surface area (Å²) in [6.07, 6.45) is 0. The van der Waals surface area contributed by atoms with Crippen LogP contribution < -0.4 is 0 Å². The molecule has 0 aliphatic rings. The summed E-state index contributed by atoms with van der Waals surface area (Å²) in [4.78, 5) is 0. The van der Waals surface area contributed by atoms with Crippen LogP contribution in [0.25, 0.3) is 0 Å². The van der Waals surface area contributed by atoms with Gasteiger partial charge in [0.15, 0.2) is 8.32 Å². The summed E-state index contributed by atoms with van der Waals surface area (Å²) >= 11 is 0. The molecule has 0 fully saturated rings. The maximum atomic E-state index is 6.16. The molecule has 0 saturated carbocycles. The lowest BCUT2D eigenvalue weighted by Gasteiger charge is -2.39. The Labute approximate surface area is 133 Å². The van der Waals surface area contributed by atoms with E-state index in [1.165, 1.54) is 21.3 Å². The molecule has 0 rings (SSSR count). The molecule has 0 aromatic heterocycles. The van der Waals surface area contributed by atoms with E-state index >= 15 is 0 Å². The molecule has 0 radical (unpaired) electrons. The summed E-state index contributed by atoms with van der Waals surface area (Å²) < 4.78 is 39.6. The van der Waals surface area contributed by atoms with Crippen LogP contribution in [-0.2, 0) is 30.0 Å². The Morgan fingerprint density at radius 2 is 0.952 bits per heavy atom. The first-order chi connectivity index (χ1) is 9.36. The summed E-state index contributed by atoms with van der Waals surface area (Å²) in [5, 5.41) is 0. The predicted molar refractivity (Wildman–Crippen MR) is 89.5 cm³/mol. The van der Waals surface area contributed by atoms with Gasteiger partial charge in [0, 0.05) is 35.0 Å². The molecular formula is C10H30O7Si4. The van der Waals surface area contributed by atoms with Crippen LogP contribution in [0.3, 0.4) is 0 Å². The molecule has 0 heterocycles. The van der Waals surface area contributed by atoms with Crippen LogP contribution >= 0.6 is 0 Å². The van der Waals surface area contributed by atoms with Crippen LogP contribution in [0.5, 0.6) is 0 Å². The van der Waals surface area contributed by atoms with E-state index in [4.69, 9.17) is 30.0 Å². The zero-order valence-corrected chi connectivity index (χ0v) is 18.9. The Balaban J connectivity index is 5.11. The largest absolute Gasteiger partial charge is 0.671 e. The van der Waals surface area contributed by atoms with E-state index in [1.807, 2.05) is 13.1 Å². The third-order valence-electron chi connectivity index (χ3n) is 2.41. The number of rotatable bonds is 10. The Morgan fingerprint density at radius 1 is 0.524 bits per heavy atom. The van der Waals surface area contributed by atoms with E-state index in [9.17, 15) is 0 Å². The molecule has 0 bridgehead atoms. The van der Waals surface area contributed by atoms with Gasteiger partial charge in [0.25, 0.3) is 0 Å². The molecule has 0 aliphatic heterocycles. The topological polar surface area (TPSA) is 64.6 Å². The lowest BCUT2D eigenvalue weighted by atomic mass is 11.8. The molecule has 21 heavy (non-hydrogen) atoms. The Bertz CT molecular complexity index is 311. The van der Waals surface area contributed by atoms with Crippen molar-refractivity contribution in [2.24, 2.45) is 0 Å². The Kier molecular flexibility index (Phi) is 8.14. The van der Waals surface area contributed by atoms with Crippen molar-refractivity contribution < 1.29 is 30.0 Å².